The lowest BCUT2D eigenvalue weighted by atomic mass is 10.1. The Morgan fingerprint density at radius 2 is 1.90 bits per heavy atom. The summed E-state index contributed by atoms with van der Waals surface area (Å²) in [6.45, 7) is 4.48. The van der Waals surface area contributed by atoms with Crippen molar-refractivity contribution in [2.24, 2.45) is 0 Å². The molecule has 4 aromatic rings. The zero-order valence-corrected chi connectivity index (χ0v) is 17.6. The van der Waals surface area contributed by atoms with Crippen LogP contribution in [0.5, 0.6) is 0 Å². The average molecular weight is 419 g/mol. The minimum absolute atomic E-state index is 0.136. The fraction of sp³-hybridized carbons (Fsp3) is 0.174. The average Bonchev–Trinajstić information content (AvgIpc) is 3.29. The number of amides is 2. The van der Waals surface area contributed by atoms with Crippen molar-refractivity contribution in [3.05, 3.63) is 81.7 Å². The molecule has 4 rings (SSSR count). The second-order valence-electron chi connectivity index (χ2n) is 7.25. The third-order valence-corrected chi connectivity index (χ3v) is 5.91. The highest BCUT2D eigenvalue weighted by Crippen LogP contribution is 2.29. The molecule has 0 saturated carbocycles. The van der Waals surface area contributed by atoms with E-state index in [0.717, 1.165) is 27.6 Å². The molecular weight excluding hydrogens is 396 g/mol. The third-order valence-electron chi connectivity index (χ3n) is 4.89. The standard InChI is InChI=1S/C23H22N4O2S/c1-14-6-5-8-16(10-14)11-20(28)25-21-18-12-19(30-23(18)27-26-21)22(29)24-13-17-9-4-3-7-15(17)2/h3-10,12H,11,13H2,1-2H3,(H,24,29)(H2,25,26,27,28). The van der Waals surface area contributed by atoms with Crippen LogP contribution >= 0.6 is 11.3 Å². The Kier molecular flexibility index (Phi) is 5.63. The smallest absolute Gasteiger partial charge is 0.261 e. The highest BCUT2D eigenvalue weighted by Gasteiger charge is 2.16. The molecule has 2 aromatic carbocycles. The van der Waals surface area contributed by atoms with Gasteiger partial charge in [0.25, 0.3) is 5.91 Å². The number of H-pyrrole nitrogens is 1. The summed E-state index contributed by atoms with van der Waals surface area (Å²) >= 11 is 1.29. The Labute approximate surface area is 178 Å². The zero-order valence-electron chi connectivity index (χ0n) is 16.8. The normalized spacial score (nSPS) is 10.9. The first-order chi connectivity index (χ1) is 14.5. The van der Waals surface area contributed by atoms with Crippen LogP contribution in [0.15, 0.2) is 54.6 Å². The molecule has 2 heterocycles. The van der Waals surface area contributed by atoms with Crippen LogP contribution in [0.4, 0.5) is 5.82 Å². The van der Waals surface area contributed by atoms with E-state index in [9.17, 15) is 9.59 Å². The van der Waals surface area contributed by atoms with Gasteiger partial charge in [-0.15, -0.1) is 11.3 Å². The minimum atomic E-state index is -0.154. The maximum absolute atomic E-state index is 12.6. The number of rotatable bonds is 6. The van der Waals surface area contributed by atoms with Gasteiger partial charge in [0.1, 0.15) is 10.6 Å². The first kappa shape index (κ1) is 19.8. The van der Waals surface area contributed by atoms with Crippen molar-refractivity contribution in [2.75, 3.05) is 5.32 Å². The monoisotopic (exact) mass is 418 g/mol. The summed E-state index contributed by atoms with van der Waals surface area (Å²) in [6, 6.07) is 17.6. The third kappa shape index (κ3) is 4.41. The highest BCUT2D eigenvalue weighted by atomic mass is 32.1. The number of nitrogens with one attached hydrogen (secondary N) is 3. The number of aromatic amines is 1. The first-order valence-corrected chi connectivity index (χ1v) is 10.5. The van der Waals surface area contributed by atoms with E-state index >= 15 is 0 Å². The Hall–Kier alpha value is -3.45. The number of thiophene rings is 1. The van der Waals surface area contributed by atoms with Crippen molar-refractivity contribution < 1.29 is 9.59 Å². The molecule has 0 aliphatic carbocycles. The van der Waals surface area contributed by atoms with Gasteiger partial charge in [-0.2, -0.15) is 5.10 Å². The molecular formula is C23H22N4O2S. The summed E-state index contributed by atoms with van der Waals surface area (Å²) in [5.74, 6) is 0.220. The van der Waals surface area contributed by atoms with Gasteiger partial charge in [-0.1, -0.05) is 54.1 Å². The number of nitrogens with zero attached hydrogens (tertiary/aromatic N) is 1. The van der Waals surface area contributed by atoms with Crippen molar-refractivity contribution in [2.45, 2.75) is 26.8 Å². The predicted octanol–water partition coefficient (Wildman–Crippen LogP) is 4.35. The van der Waals surface area contributed by atoms with E-state index in [1.54, 1.807) is 6.07 Å². The molecule has 30 heavy (non-hydrogen) atoms. The molecule has 6 nitrogen and oxygen atoms in total. The van der Waals surface area contributed by atoms with Crippen LogP contribution in [0, 0.1) is 13.8 Å². The van der Waals surface area contributed by atoms with E-state index in [2.05, 4.69) is 20.8 Å². The van der Waals surface area contributed by atoms with E-state index < -0.39 is 0 Å². The topological polar surface area (TPSA) is 86.9 Å². The maximum Gasteiger partial charge on any atom is 0.261 e. The lowest BCUT2D eigenvalue weighted by molar-refractivity contribution is -0.115. The SMILES string of the molecule is Cc1cccc(CC(=O)Nc2[nH]nc3sc(C(=O)NCc4ccccc4C)cc23)c1. The van der Waals surface area contributed by atoms with Crippen molar-refractivity contribution in [3.8, 4) is 0 Å². The molecule has 152 valence electrons. The van der Waals surface area contributed by atoms with E-state index in [1.807, 2.05) is 62.4 Å². The van der Waals surface area contributed by atoms with Gasteiger partial charge in [0.05, 0.1) is 16.7 Å². The summed E-state index contributed by atoms with van der Waals surface area (Å²) in [7, 11) is 0. The Balaban J connectivity index is 1.43. The Morgan fingerprint density at radius 3 is 2.70 bits per heavy atom. The van der Waals surface area contributed by atoms with Crippen LogP contribution in [-0.2, 0) is 17.8 Å². The second kappa shape index (κ2) is 8.51. The fourth-order valence-corrected chi connectivity index (χ4v) is 4.19. The van der Waals surface area contributed by atoms with Crippen molar-refractivity contribution >= 4 is 39.2 Å². The zero-order chi connectivity index (χ0) is 21.1. The van der Waals surface area contributed by atoms with Crippen LogP contribution < -0.4 is 10.6 Å². The van der Waals surface area contributed by atoms with Gasteiger partial charge >= 0.3 is 0 Å². The van der Waals surface area contributed by atoms with Crippen LogP contribution in [-0.4, -0.2) is 22.0 Å². The fourth-order valence-electron chi connectivity index (χ4n) is 3.28. The van der Waals surface area contributed by atoms with E-state index in [4.69, 9.17) is 0 Å². The van der Waals surface area contributed by atoms with Crippen LogP contribution in [0.3, 0.4) is 0 Å². The summed E-state index contributed by atoms with van der Waals surface area (Å²) in [4.78, 5) is 26.3. The molecule has 2 amide bonds. The summed E-state index contributed by atoms with van der Waals surface area (Å²) in [6.07, 6.45) is 0.274. The van der Waals surface area contributed by atoms with Crippen molar-refractivity contribution in [3.63, 3.8) is 0 Å². The summed E-state index contributed by atoms with van der Waals surface area (Å²) < 4.78 is 0. The Bertz CT molecular complexity index is 1220. The number of carbonyl (C=O) groups excluding carboxylic acids is 2. The number of carbonyl (C=O) groups is 2. The number of hydrogen-bond donors (Lipinski definition) is 3. The first-order valence-electron chi connectivity index (χ1n) is 9.65. The number of benzene rings is 2. The van der Waals surface area contributed by atoms with Crippen LogP contribution in [0.1, 0.15) is 31.9 Å². The molecule has 0 aliphatic heterocycles. The van der Waals surface area contributed by atoms with Gasteiger partial charge in [0, 0.05) is 6.54 Å². The van der Waals surface area contributed by atoms with E-state index in [1.165, 1.54) is 11.3 Å². The largest absolute Gasteiger partial charge is 0.347 e. The van der Waals surface area contributed by atoms with Crippen LogP contribution in [0.2, 0.25) is 0 Å². The molecule has 0 unspecified atom stereocenters. The molecule has 7 heteroatoms. The van der Waals surface area contributed by atoms with Crippen LogP contribution in [0.25, 0.3) is 10.2 Å². The number of anilines is 1. The van der Waals surface area contributed by atoms with Gasteiger partial charge < -0.3 is 10.6 Å². The maximum atomic E-state index is 12.6. The molecule has 2 aromatic heterocycles. The number of hydrogen-bond acceptors (Lipinski definition) is 4. The van der Waals surface area contributed by atoms with Gasteiger partial charge in [0.15, 0.2) is 0 Å². The van der Waals surface area contributed by atoms with Gasteiger partial charge in [-0.05, 0) is 36.6 Å². The highest BCUT2D eigenvalue weighted by molar-refractivity contribution is 7.20. The quantitative estimate of drug-likeness (QED) is 0.435. The molecule has 0 saturated heterocycles. The van der Waals surface area contributed by atoms with Gasteiger partial charge in [0.2, 0.25) is 5.91 Å². The summed E-state index contributed by atoms with van der Waals surface area (Å²) in [5, 5.41) is 13.6. The molecule has 0 fully saturated rings. The molecule has 0 radical (unpaired) electrons. The lowest BCUT2D eigenvalue weighted by Crippen LogP contribution is -2.22. The molecule has 3 N–H and O–H groups in total. The molecule has 0 bridgehead atoms. The van der Waals surface area contributed by atoms with Crippen molar-refractivity contribution in [1.29, 1.82) is 0 Å². The van der Waals surface area contributed by atoms with E-state index in [-0.39, 0.29) is 18.2 Å². The molecule has 0 atom stereocenters. The van der Waals surface area contributed by atoms with Gasteiger partial charge in [-0.25, -0.2) is 0 Å². The minimum Gasteiger partial charge on any atom is -0.347 e. The van der Waals surface area contributed by atoms with Gasteiger partial charge in [-0.3, -0.25) is 14.7 Å². The molecule has 0 spiro atoms. The number of aryl methyl sites for hydroxylation is 2. The van der Waals surface area contributed by atoms with Crippen molar-refractivity contribution in [1.82, 2.24) is 15.5 Å². The molecule has 0 aliphatic rings. The number of fused-ring (bicyclic) bond motifs is 1. The summed E-state index contributed by atoms with van der Waals surface area (Å²) in [5.41, 5.74) is 4.28. The number of aromatic nitrogens is 2. The predicted molar refractivity (Wildman–Crippen MR) is 120 cm³/mol. The Morgan fingerprint density at radius 1 is 1.07 bits per heavy atom. The van der Waals surface area contributed by atoms with E-state index in [0.29, 0.717) is 22.1 Å². The lowest BCUT2D eigenvalue weighted by Gasteiger charge is -2.06. The second-order valence-corrected chi connectivity index (χ2v) is 8.28.